The predicted molar refractivity (Wildman–Crippen MR) is 61.1 cm³/mol. The van der Waals surface area contributed by atoms with Gasteiger partial charge in [0.05, 0.1) is 17.9 Å². The molecule has 8 heteroatoms. The zero-order chi connectivity index (χ0) is 12.5. The van der Waals surface area contributed by atoms with E-state index in [1.54, 1.807) is 23.9 Å². The molecule has 0 bridgehead atoms. The molecule has 2 aromatic heterocycles. The number of nitrogens with zero attached hydrogens (tertiary/aromatic N) is 4. The number of nitrogens with one attached hydrogen (secondary N) is 2. The van der Waals surface area contributed by atoms with E-state index in [9.17, 15) is 4.79 Å². The molecule has 1 saturated heterocycles. The Labute approximate surface area is 102 Å². The fourth-order valence-electron chi connectivity index (χ4n) is 1.62. The van der Waals surface area contributed by atoms with E-state index in [-0.39, 0.29) is 17.6 Å². The smallest absolute Gasteiger partial charge is 0.280 e. The molecule has 94 valence electrons. The molecule has 0 aliphatic carbocycles. The highest BCUT2D eigenvalue weighted by atomic mass is 16.5. The Hall–Kier alpha value is -2.22. The van der Waals surface area contributed by atoms with Crippen LogP contribution in [0, 0.1) is 6.92 Å². The van der Waals surface area contributed by atoms with Crippen LogP contribution in [-0.4, -0.2) is 39.1 Å². The van der Waals surface area contributed by atoms with Crippen LogP contribution in [0.25, 0.3) is 0 Å². The molecule has 3 heterocycles. The van der Waals surface area contributed by atoms with Crippen LogP contribution >= 0.6 is 0 Å². The lowest BCUT2D eigenvalue weighted by atomic mass is 10.2. The third-order valence-corrected chi connectivity index (χ3v) is 2.74. The molecule has 2 N–H and O–H groups in total. The van der Waals surface area contributed by atoms with Gasteiger partial charge in [-0.05, 0) is 6.92 Å². The lowest BCUT2D eigenvalue weighted by Crippen LogP contribution is -2.43. The SMILES string of the molecule is Cc1cc(NC(=O)c2cn(C3CNC3)nn2)on1. The summed E-state index contributed by atoms with van der Waals surface area (Å²) in [6.07, 6.45) is 1.63. The van der Waals surface area contributed by atoms with Crippen molar-refractivity contribution >= 4 is 11.8 Å². The number of hydrogen-bond donors (Lipinski definition) is 2. The van der Waals surface area contributed by atoms with Crippen molar-refractivity contribution in [3.63, 3.8) is 0 Å². The Kier molecular flexibility index (Phi) is 2.56. The number of anilines is 1. The summed E-state index contributed by atoms with van der Waals surface area (Å²) in [4.78, 5) is 11.8. The van der Waals surface area contributed by atoms with Crippen molar-refractivity contribution in [3.8, 4) is 0 Å². The Balaban J connectivity index is 1.70. The van der Waals surface area contributed by atoms with Gasteiger partial charge in [-0.25, -0.2) is 4.68 Å². The average molecular weight is 248 g/mol. The molecule has 0 saturated carbocycles. The second kappa shape index (κ2) is 4.22. The van der Waals surface area contributed by atoms with Crippen LogP contribution in [-0.2, 0) is 0 Å². The van der Waals surface area contributed by atoms with Gasteiger partial charge >= 0.3 is 0 Å². The van der Waals surface area contributed by atoms with E-state index in [1.807, 2.05) is 0 Å². The molecule has 0 aromatic carbocycles. The first-order chi connectivity index (χ1) is 8.72. The number of carbonyl (C=O) groups is 1. The highest BCUT2D eigenvalue weighted by molar-refractivity contribution is 6.01. The zero-order valence-corrected chi connectivity index (χ0v) is 9.75. The van der Waals surface area contributed by atoms with E-state index in [4.69, 9.17) is 4.52 Å². The van der Waals surface area contributed by atoms with Gasteiger partial charge in [0.25, 0.3) is 5.91 Å². The fourth-order valence-corrected chi connectivity index (χ4v) is 1.62. The van der Waals surface area contributed by atoms with E-state index >= 15 is 0 Å². The second-order valence-electron chi connectivity index (χ2n) is 4.18. The van der Waals surface area contributed by atoms with Crippen molar-refractivity contribution in [2.75, 3.05) is 18.4 Å². The molecule has 0 unspecified atom stereocenters. The Morgan fingerprint density at radius 2 is 2.44 bits per heavy atom. The van der Waals surface area contributed by atoms with Crippen LogP contribution in [0.2, 0.25) is 0 Å². The third-order valence-electron chi connectivity index (χ3n) is 2.74. The van der Waals surface area contributed by atoms with Gasteiger partial charge in [-0.1, -0.05) is 10.4 Å². The Bertz CT molecular complexity index is 570. The molecule has 1 aliphatic heterocycles. The Morgan fingerprint density at radius 1 is 1.61 bits per heavy atom. The molecule has 2 aromatic rings. The van der Waals surface area contributed by atoms with Crippen molar-refractivity contribution in [3.05, 3.63) is 23.7 Å². The van der Waals surface area contributed by atoms with Gasteiger partial charge in [-0.2, -0.15) is 0 Å². The maximum Gasteiger partial charge on any atom is 0.280 e. The minimum absolute atomic E-state index is 0.260. The first kappa shape index (κ1) is 10.9. The van der Waals surface area contributed by atoms with Crippen molar-refractivity contribution in [1.29, 1.82) is 0 Å². The molecule has 0 spiro atoms. The number of aryl methyl sites for hydroxylation is 1. The van der Waals surface area contributed by atoms with Crippen LogP contribution in [0.4, 0.5) is 5.88 Å². The summed E-state index contributed by atoms with van der Waals surface area (Å²) in [5.74, 6) is -0.0537. The molecule has 3 rings (SSSR count). The molecule has 8 nitrogen and oxygen atoms in total. The first-order valence-corrected chi connectivity index (χ1v) is 5.59. The van der Waals surface area contributed by atoms with Crippen LogP contribution in [0.5, 0.6) is 0 Å². The largest absolute Gasteiger partial charge is 0.338 e. The number of aromatic nitrogens is 4. The lowest BCUT2D eigenvalue weighted by Gasteiger charge is -2.26. The summed E-state index contributed by atoms with van der Waals surface area (Å²) in [5, 5.41) is 17.1. The van der Waals surface area contributed by atoms with Gasteiger partial charge in [-0.15, -0.1) is 5.10 Å². The zero-order valence-electron chi connectivity index (χ0n) is 9.75. The van der Waals surface area contributed by atoms with Crippen LogP contribution in [0.3, 0.4) is 0 Å². The van der Waals surface area contributed by atoms with Gasteiger partial charge < -0.3 is 9.84 Å². The molecule has 1 aliphatic rings. The molecule has 1 fully saturated rings. The summed E-state index contributed by atoms with van der Waals surface area (Å²) in [5.41, 5.74) is 0.963. The van der Waals surface area contributed by atoms with Crippen molar-refractivity contribution in [2.24, 2.45) is 0 Å². The summed E-state index contributed by atoms with van der Waals surface area (Å²) >= 11 is 0. The summed E-state index contributed by atoms with van der Waals surface area (Å²) in [6, 6.07) is 1.92. The maximum absolute atomic E-state index is 11.8. The number of hydrogen-bond acceptors (Lipinski definition) is 6. The number of amides is 1. The summed E-state index contributed by atoms with van der Waals surface area (Å²) in [7, 11) is 0. The quantitative estimate of drug-likeness (QED) is 0.791. The van der Waals surface area contributed by atoms with Gasteiger partial charge in [0, 0.05) is 19.2 Å². The molecular formula is C10H12N6O2. The topological polar surface area (TPSA) is 97.9 Å². The highest BCUT2D eigenvalue weighted by Gasteiger charge is 2.22. The van der Waals surface area contributed by atoms with Gasteiger partial charge in [0.1, 0.15) is 0 Å². The monoisotopic (exact) mass is 248 g/mol. The van der Waals surface area contributed by atoms with Crippen molar-refractivity contribution in [1.82, 2.24) is 25.5 Å². The first-order valence-electron chi connectivity index (χ1n) is 5.59. The average Bonchev–Trinajstić information content (AvgIpc) is 2.86. The van der Waals surface area contributed by atoms with Gasteiger partial charge in [0.2, 0.25) is 5.88 Å². The standard InChI is InChI=1S/C10H12N6O2/c1-6-2-9(18-14-6)12-10(17)8-5-16(15-13-8)7-3-11-4-7/h2,5,7,11H,3-4H2,1H3,(H,12,17). The summed E-state index contributed by atoms with van der Waals surface area (Å²) < 4.78 is 6.59. The molecule has 1 amide bonds. The van der Waals surface area contributed by atoms with Crippen molar-refractivity contribution in [2.45, 2.75) is 13.0 Å². The number of carbonyl (C=O) groups excluding carboxylic acids is 1. The molecule has 0 radical (unpaired) electrons. The van der Waals surface area contributed by atoms with E-state index in [2.05, 4.69) is 26.1 Å². The van der Waals surface area contributed by atoms with E-state index < -0.39 is 0 Å². The normalized spacial score (nSPS) is 15.4. The van der Waals surface area contributed by atoms with Crippen molar-refractivity contribution < 1.29 is 9.32 Å². The number of rotatable bonds is 3. The minimum Gasteiger partial charge on any atom is -0.338 e. The van der Waals surface area contributed by atoms with Crippen LogP contribution < -0.4 is 10.6 Å². The minimum atomic E-state index is -0.357. The fraction of sp³-hybridized carbons (Fsp3) is 0.400. The molecular weight excluding hydrogens is 236 g/mol. The Morgan fingerprint density at radius 3 is 3.06 bits per heavy atom. The highest BCUT2D eigenvalue weighted by Crippen LogP contribution is 2.12. The van der Waals surface area contributed by atoms with E-state index in [1.165, 1.54) is 0 Å². The molecule has 0 atom stereocenters. The van der Waals surface area contributed by atoms with E-state index in [0.29, 0.717) is 11.6 Å². The maximum atomic E-state index is 11.8. The van der Waals surface area contributed by atoms with Crippen LogP contribution in [0.15, 0.2) is 16.8 Å². The van der Waals surface area contributed by atoms with Crippen LogP contribution in [0.1, 0.15) is 22.2 Å². The second-order valence-corrected chi connectivity index (χ2v) is 4.18. The predicted octanol–water partition coefficient (Wildman–Crippen LogP) is -0.0289. The van der Waals surface area contributed by atoms with Gasteiger partial charge in [0.15, 0.2) is 5.69 Å². The summed E-state index contributed by atoms with van der Waals surface area (Å²) in [6.45, 7) is 3.48. The van der Waals surface area contributed by atoms with Gasteiger partial charge in [-0.3, -0.25) is 10.1 Å². The third kappa shape index (κ3) is 1.97. The van der Waals surface area contributed by atoms with E-state index in [0.717, 1.165) is 13.1 Å². The lowest BCUT2D eigenvalue weighted by molar-refractivity contribution is 0.101. The molecule has 18 heavy (non-hydrogen) atoms.